The molecule has 1 heterocycles. The van der Waals surface area contributed by atoms with Crippen LogP contribution in [0.15, 0.2) is 0 Å². The Morgan fingerprint density at radius 1 is 1.50 bits per heavy atom. The van der Waals surface area contributed by atoms with Gasteiger partial charge in [-0.1, -0.05) is 0 Å². The van der Waals surface area contributed by atoms with Crippen LogP contribution in [0.5, 0.6) is 0 Å². The molecule has 0 aliphatic carbocycles. The number of nitrogens with one attached hydrogen (secondary N) is 1. The van der Waals surface area contributed by atoms with Gasteiger partial charge in [-0.25, -0.2) is 0 Å². The Morgan fingerprint density at radius 2 is 2.12 bits per heavy atom. The lowest BCUT2D eigenvalue weighted by atomic mass is 9.97. The Labute approximate surface area is 91.4 Å². The second kappa shape index (κ2) is 5.01. The summed E-state index contributed by atoms with van der Waals surface area (Å²) < 4.78 is 37.7. The van der Waals surface area contributed by atoms with E-state index in [0.29, 0.717) is 0 Å². The maximum Gasteiger partial charge on any atom is 0.393 e. The molecule has 94 valence electrons. The van der Waals surface area contributed by atoms with Crippen molar-refractivity contribution in [3.05, 3.63) is 0 Å². The highest BCUT2D eigenvalue weighted by Crippen LogP contribution is 2.37. The molecule has 0 aromatic carbocycles. The summed E-state index contributed by atoms with van der Waals surface area (Å²) in [6.07, 6.45) is -4.36. The highest BCUT2D eigenvalue weighted by Gasteiger charge is 2.50. The van der Waals surface area contributed by atoms with Crippen LogP contribution in [0, 0.1) is 11.8 Å². The molecule has 2 N–H and O–H groups in total. The SMILES string of the molecule is CNCC(=O)N1C[C@H](CO)[C@H](C(F)(F)F)C1. The molecule has 0 spiro atoms. The third-order valence-electron chi connectivity index (χ3n) is 2.78. The number of carbonyl (C=O) groups excluding carboxylic acids is 1. The van der Waals surface area contributed by atoms with E-state index in [1.807, 2.05) is 0 Å². The van der Waals surface area contributed by atoms with E-state index in [1.54, 1.807) is 7.05 Å². The number of carbonyl (C=O) groups is 1. The first-order valence-electron chi connectivity index (χ1n) is 5.00. The van der Waals surface area contributed by atoms with Gasteiger partial charge in [0.2, 0.25) is 5.91 Å². The maximum atomic E-state index is 12.6. The van der Waals surface area contributed by atoms with Gasteiger partial charge in [0.1, 0.15) is 0 Å². The van der Waals surface area contributed by atoms with Gasteiger partial charge in [-0.15, -0.1) is 0 Å². The van der Waals surface area contributed by atoms with Crippen LogP contribution in [0.25, 0.3) is 0 Å². The van der Waals surface area contributed by atoms with Crippen molar-refractivity contribution in [2.75, 3.05) is 33.3 Å². The average Bonchev–Trinajstić information content (AvgIpc) is 2.61. The van der Waals surface area contributed by atoms with E-state index in [2.05, 4.69) is 5.32 Å². The largest absolute Gasteiger partial charge is 0.396 e. The molecule has 0 unspecified atom stereocenters. The van der Waals surface area contributed by atoms with E-state index in [4.69, 9.17) is 5.11 Å². The molecule has 0 aromatic heterocycles. The van der Waals surface area contributed by atoms with Crippen molar-refractivity contribution < 1.29 is 23.1 Å². The molecule has 1 saturated heterocycles. The quantitative estimate of drug-likeness (QED) is 0.720. The smallest absolute Gasteiger partial charge is 0.393 e. The van der Waals surface area contributed by atoms with Gasteiger partial charge in [0, 0.05) is 25.6 Å². The molecule has 0 bridgehead atoms. The van der Waals surface area contributed by atoms with Crippen molar-refractivity contribution in [3.63, 3.8) is 0 Å². The standard InChI is InChI=1S/C9H15F3N2O2/c1-13-2-8(16)14-3-6(5-15)7(4-14)9(10,11)12/h6-7,13,15H,2-5H2,1H3/t6-,7-/m1/s1. The van der Waals surface area contributed by atoms with E-state index in [0.717, 1.165) is 4.90 Å². The molecule has 1 fully saturated rings. The number of aliphatic hydroxyl groups excluding tert-OH is 1. The molecule has 4 nitrogen and oxygen atoms in total. The van der Waals surface area contributed by atoms with Crippen LogP contribution in [0.4, 0.5) is 13.2 Å². The zero-order valence-electron chi connectivity index (χ0n) is 8.92. The average molecular weight is 240 g/mol. The number of likely N-dealkylation sites (N-methyl/N-ethyl adjacent to an activating group) is 1. The first kappa shape index (κ1) is 13.2. The Morgan fingerprint density at radius 3 is 2.50 bits per heavy atom. The first-order chi connectivity index (χ1) is 7.40. The third kappa shape index (κ3) is 2.85. The zero-order chi connectivity index (χ0) is 12.3. The van der Waals surface area contributed by atoms with Crippen LogP contribution in [0.1, 0.15) is 0 Å². The highest BCUT2D eigenvalue weighted by atomic mass is 19.4. The normalized spacial score (nSPS) is 26.2. The van der Waals surface area contributed by atoms with Crippen LogP contribution in [-0.4, -0.2) is 55.4 Å². The van der Waals surface area contributed by atoms with Crippen molar-refractivity contribution in [2.24, 2.45) is 11.8 Å². The number of hydrogen-bond donors (Lipinski definition) is 2. The fraction of sp³-hybridized carbons (Fsp3) is 0.889. The van der Waals surface area contributed by atoms with Crippen molar-refractivity contribution in [2.45, 2.75) is 6.18 Å². The van der Waals surface area contributed by atoms with E-state index >= 15 is 0 Å². The minimum atomic E-state index is -4.36. The van der Waals surface area contributed by atoms with Gasteiger partial charge in [-0.3, -0.25) is 4.79 Å². The third-order valence-corrected chi connectivity index (χ3v) is 2.78. The molecule has 1 rings (SSSR count). The Hall–Kier alpha value is -0.820. The minimum Gasteiger partial charge on any atom is -0.396 e. The topological polar surface area (TPSA) is 52.6 Å². The molecule has 2 atom stereocenters. The number of alkyl halides is 3. The van der Waals surface area contributed by atoms with E-state index in [-0.39, 0.29) is 25.5 Å². The Balaban J connectivity index is 2.67. The molecule has 0 radical (unpaired) electrons. The minimum absolute atomic E-state index is 0.0166. The summed E-state index contributed by atoms with van der Waals surface area (Å²) in [6, 6.07) is 0. The molecule has 7 heteroatoms. The zero-order valence-corrected chi connectivity index (χ0v) is 8.92. The van der Waals surface area contributed by atoms with Gasteiger partial charge in [-0.05, 0) is 7.05 Å². The molecule has 0 saturated carbocycles. The first-order valence-corrected chi connectivity index (χ1v) is 5.00. The lowest BCUT2D eigenvalue weighted by Crippen LogP contribution is -2.36. The molecular weight excluding hydrogens is 225 g/mol. The summed E-state index contributed by atoms with van der Waals surface area (Å²) >= 11 is 0. The van der Waals surface area contributed by atoms with E-state index in [1.165, 1.54) is 0 Å². The number of hydrogen-bond acceptors (Lipinski definition) is 3. The maximum absolute atomic E-state index is 12.6. The monoisotopic (exact) mass is 240 g/mol. The summed E-state index contributed by atoms with van der Waals surface area (Å²) in [4.78, 5) is 12.5. The predicted octanol–water partition coefficient (Wildman–Crippen LogP) is -0.165. The fourth-order valence-electron chi connectivity index (χ4n) is 1.89. The Kier molecular flexibility index (Phi) is 4.15. The van der Waals surface area contributed by atoms with E-state index in [9.17, 15) is 18.0 Å². The summed E-state index contributed by atoms with van der Waals surface area (Å²) in [5.74, 6) is -2.88. The number of likely N-dealkylation sites (tertiary alicyclic amines) is 1. The summed E-state index contributed by atoms with van der Waals surface area (Å²) in [5, 5.41) is 11.5. The van der Waals surface area contributed by atoms with Gasteiger partial charge < -0.3 is 15.3 Å². The number of aliphatic hydroxyl groups is 1. The molecule has 1 aliphatic heterocycles. The van der Waals surface area contributed by atoms with Crippen LogP contribution >= 0.6 is 0 Å². The summed E-state index contributed by atoms with van der Waals surface area (Å²) in [7, 11) is 1.55. The van der Waals surface area contributed by atoms with Gasteiger partial charge in [-0.2, -0.15) is 13.2 Å². The van der Waals surface area contributed by atoms with Crippen LogP contribution in [-0.2, 0) is 4.79 Å². The molecule has 16 heavy (non-hydrogen) atoms. The number of nitrogens with zero attached hydrogens (tertiary/aromatic N) is 1. The van der Waals surface area contributed by atoms with Crippen molar-refractivity contribution in [1.82, 2.24) is 10.2 Å². The number of rotatable bonds is 3. The van der Waals surface area contributed by atoms with Gasteiger partial charge in [0.25, 0.3) is 0 Å². The lowest BCUT2D eigenvalue weighted by Gasteiger charge is -2.19. The molecule has 0 aromatic rings. The number of amides is 1. The summed E-state index contributed by atoms with van der Waals surface area (Å²) in [6.45, 7) is -0.910. The lowest BCUT2D eigenvalue weighted by molar-refractivity contribution is -0.183. The van der Waals surface area contributed by atoms with Gasteiger partial charge in [0.05, 0.1) is 12.5 Å². The highest BCUT2D eigenvalue weighted by molar-refractivity contribution is 5.78. The van der Waals surface area contributed by atoms with Crippen molar-refractivity contribution in [1.29, 1.82) is 0 Å². The van der Waals surface area contributed by atoms with Crippen molar-refractivity contribution in [3.8, 4) is 0 Å². The number of halogens is 3. The summed E-state index contributed by atoms with van der Waals surface area (Å²) in [5.41, 5.74) is 0. The molecule has 1 amide bonds. The molecular formula is C9H15F3N2O2. The van der Waals surface area contributed by atoms with Crippen LogP contribution < -0.4 is 5.32 Å². The van der Waals surface area contributed by atoms with Crippen LogP contribution in [0.3, 0.4) is 0 Å². The Bertz CT molecular complexity index is 258. The fourth-order valence-corrected chi connectivity index (χ4v) is 1.89. The van der Waals surface area contributed by atoms with E-state index < -0.39 is 24.6 Å². The van der Waals surface area contributed by atoms with Gasteiger partial charge in [0.15, 0.2) is 0 Å². The van der Waals surface area contributed by atoms with Gasteiger partial charge >= 0.3 is 6.18 Å². The van der Waals surface area contributed by atoms with Crippen molar-refractivity contribution >= 4 is 5.91 Å². The second-order valence-electron chi connectivity index (χ2n) is 3.92. The molecule has 1 aliphatic rings. The van der Waals surface area contributed by atoms with Crippen LogP contribution in [0.2, 0.25) is 0 Å². The predicted molar refractivity (Wildman–Crippen MR) is 50.6 cm³/mol. The second-order valence-corrected chi connectivity index (χ2v) is 3.92.